The molecule has 0 aromatic heterocycles. The number of piperidine rings is 1. The number of ether oxygens (including phenoxy) is 2. The average Bonchev–Trinajstić information content (AvgIpc) is 2.88. The molecule has 5 heteroatoms. The molecule has 2 aliphatic carbocycles. The zero-order chi connectivity index (χ0) is 15.9. The Morgan fingerprint density at radius 2 is 2.22 bits per heavy atom. The number of likely N-dealkylation sites (N-methyl/N-ethyl adjacent to an activating group) is 1. The van der Waals surface area contributed by atoms with Gasteiger partial charge >= 0.3 is 0 Å². The molecule has 23 heavy (non-hydrogen) atoms. The first kappa shape index (κ1) is 13.8. The van der Waals surface area contributed by atoms with Crippen LogP contribution in [0.1, 0.15) is 24.0 Å². The molecule has 1 saturated heterocycles. The largest absolute Gasteiger partial charge is 0.493 e. The van der Waals surface area contributed by atoms with Crippen LogP contribution in [0.5, 0.6) is 11.5 Å². The van der Waals surface area contributed by atoms with Crippen LogP contribution in [0, 0.1) is 5.92 Å². The number of carbonyl (C=O) groups is 1. The van der Waals surface area contributed by atoms with Gasteiger partial charge in [-0.1, -0.05) is 6.07 Å². The molecule has 5 atom stereocenters. The molecule has 122 valence electrons. The maximum absolute atomic E-state index is 12.7. The van der Waals surface area contributed by atoms with Gasteiger partial charge in [0.1, 0.15) is 0 Å². The quantitative estimate of drug-likeness (QED) is 0.834. The molecule has 1 aromatic rings. The number of ketones is 1. The predicted molar refractivity (Wildman–Crippen MR) is 82.9 cm³/mol. The Morgan fingerprint density at radius 1 is 1.39 bits per heavy atom. The van der Waals surface area contributed by atoms with Gasteiger partial charge in [-0.3, -0.25) is 4.79 Å². The summed E-state index contributed by atoms with van der Waals surface area (Å²) in [6.07, 6.45) is 0.910. The third-order valence-electron chi connectivity index (χ3n) is 6.60. The van der Waals surface area contributed by atoms with Crippen molar-refractivity contribution in [2.45, 2.75) is 42.9 Å². The molecule has 1 N–H and O–H groups in total. The molecule has 2 fully saturated rings. The zero-order valence-corrected chi connectivity index (χ0v) is 13.4. The highest BCUT2D eigenvalue weighted by Gasteiger charge is 2.68. The number of Topliss-reactive ketones (excluding diaryl/α,β-unsaturated/α-hetero) is 1. The summed E-state index contributed by atoms with van der Waals surface area (Å²) in [6, 6.07) is 4.32. The van der Waals surface area contributed by atoms with Crippen LogP contribution in [0.2, 0.25) is 0 Å². The minimum absolute atomic E-state index is 0.0307. The van der Waals surface area contributed by atoms with Crippen LogP contribution in [0.15, 0.2) is 12.1 Å². The molecule has 1 spiro atoms. The maximum atomic E-state index is 12.7. The molecule has 5 rings (SSSR count). The highest BCUT2D eigenvalue weighted by molar-refractivity contribution is 5.89. The Balaban J connectivity index is 1.82. The lowest BCUT2D eigenvalue weighted by Gasteiger charge is -2.58. The van der Waals surface area contributed by atoms with E-state index in [1.54, 1.807) is 7.11 Å². The first-order chi connectivity index (χ1) is 11.1. The van der Waals surface area contributed by atoms with Crippen LogP contribution in [-0.2, 0) is 16.6 Å². The van der Waals surface area contributed by atoms with Crippen molar-refractivity contribution >= 4 is 5.78 Å². The van der Waals surface area contributed by atoms with Gasteiger partial charge in [0.05, 0.1) is 18.6 Å². The summed E-state index contributed by atoms with van der Waals surface area (Å²) in [6.45, 7) is 0.928. The number of carbonyl (C=O) groups excluding carboxylic acids is 1. The number of rotatable bonds is 1. The molecule has 2 bridgehead atoms. The molecule has 2 unspecified atom stereocenters. The van der Waals surface area contributed by atoms with E-state index in [9.17, 15) is 9.90 Å². The SMILES string of the molecule is COc1ccc2c3c1O[C@H]1C(=O)CC(O)C4[C@@H](C2)N(C)CC[C@@]341. The molecule has 1 saturated carbocycles. The summed E-state index contributed by atoms with van der Waals surface area (Å²) < 4.78 is 11.7. The van der Waals surface area contributed by atoms with Crippen LogP contribution in [0.4, 0.5) is 0 Å². The summed E-state index contributed by atoms with van der Waals surface area (Å²) in [5.41, 5.74) is 2.02. The minimum Gasteiger partial charge on any atom is -0.493 e. The zero-order valence-electron chi connectivity index (χ0n) is 13.4. The van der Waals surface area contributed by atoms with Crippen molar-refractivity contribution in [2.24, 2.45) is 5.92 Å². The standard InChI is InChI=1S/C18H21NO4/c1-19-6-5-18-14-9-3-4-13(22-2)16(14)23-17(18)12(21)8-11(20)15(18)10(19)7-9/h3-4,10-11,15,17,20H,5-8H2,1-2H3/t10-,11?,15?,17+,18-/m1/s1. The lowest BCUT2D eigenvalue weighted by Crippen LogP contribution is -2.69. The second-order valence-corrected chi connectivity index (χ2v) is 7.43. The fourth-order valence-electron chi connectivity index (χ4n) is 5.73. The summed E-state index contributed by atoms with van der Waals surface area (Å²) in [4.78, 5) is 15.0. The van der Waals surface area contributed by atoms with Crippen LogP contribution in [-0.4, -0.2) is 54.7 Å². The lowest BCUT2D eigenvalue weighted by molar-refractivity contribution is -0.151. The Morgan fingerprint density at radius 3 is 3.00 bits per heavy atom. The number of nitrogens with zero attached hydrogens (tertiary/aromatic N) is 1. The molecular formula is C18H21NO4. The van der Waals surface area contributed by atoms with Crippen LogP contribution >= 0.6 is 0 Å². The van der Waals surface area contributed by atoms with Crippen molar-refractivity contribution < 1.29 is 19.4 Å². The number of methoxy groups -OCH3 is 1. The van der Waals surface area contributed by atoms with E-state index in [1.807, 2.05) is 6.07 Å². The number of aliphatic hydroxyl groups excluding tert-OH is 1. The topological polar surface area (TPSA) is 59.0 Å². The Kier molecular flexibility index (Phi) is 2.57. The molecular weight excluding hydrogens is 294 g/mol. The summed E-state index contributed by atoms with van der Waals surface area (Å²) >= 11 is 0. The van der Waals surface area contributed by atoms with Gasteiger partial charge in [0.2, 0.25) is 0 Å². The second kappa shape index (κ2) is 4.28. The van der Waals surface area contributed by atoms with Gasteiger partial charge in [0.15, 0.2) is 23.4 Å². The van der Waals surface area contributed by atoms with E-state index in [0.29, 0.717) is 5.75 Å². The third-order valence-corrected chi connectivity index (χ3v) is 6.60. The van der Waals surface area contributed by atoms with Crippen LogP contribution in [0.25, 0.3) is 0 Å². The van der Waals surface area contributed by atoms with E-state index in [1.165, 1.54) is 5.56 Å². The number of aliphatic hydroxyl groups is 1. The van der Waals surface area contributed by atoms with Crippen molar-refractivity contribution in [3.05, 3.63) is 23.3 Å². The molecule has 2 aliphatic heterocycles. The molecule has 4 aliphatic rings. The molecule has 0 amide bonds. The van der Waals surface area contributed by atoms with E-state index in [-0.39, 0.29) is 29.6 Å². The van der Waals surface area contributed by atoms with Gasteiger partial charge in [0, 0.05) is 23.9 Å². The molecule has 2 heterocycles. The second-order valence-electron chi connectivity index (χ2n) is 7.43. The van der Waals surface area contributed by atoms with E-state index in [0.717, 1.165) is 30.7 Å². The number of likely N-dealkylation sites (tertiary alicyclic amines) is 1. The first-order valence-electron chi connectivity index (χ1n) is 8.36. The highest BCUT2D eigenvalue weighted by atomic mass is 16.5. The van der Waals surface area contributed by atoms with Gasteiger partial charge in [-0.2, -0.15) is 0 Å². The smallest absolute Gasteiger partial charge is 0.176 e. The fraction of sp³-hybridized carbons (Fsp3) is 0.611. The maximum Gasteiger partial charge on any atom is 0.176 e. The van der Waals surface area contributed by atoms with E-state index in [4.69, 9.17) is 9.47 Å². The summed E-state index contributed by atoms with van der Waals surface area (Å²) in [5, 5.41) is 10.8. The van der Waals surface area contributed by atoms with Crippen LogP contribution in [0.3, 0.4) is 0 Å². The average molecular weight is 315 g/mol. The van der Waals surface area contributed by atoms with Crippen molar-refractivity contribution in [3.63, 3.8) is 0 Å². The van der Waals surface area contributed by atoms with Gasteiger partial charge in [-0.15, -0.1) is 0 Å². The van der Waals surface area contributed by atoms with Gasteiger partial charge in [0.25, 0.3) is 0 Å². The molecule has 0 radical (unpaired) electrons. The van der Waals surface area contributed by atoms with E-state index >= 15 is 0 Å². The van der Waals surface area contributed by atoms with Gasteiger partial charge in [-0.05, 0) is 38.1 Å². The Bertz CT molecular complexity index is 717. The highest BCUT2D eigenvalue weighted by Crippen LogP contribution is 2.63. The van der Waals surface area contributed by atoms with Crippen molar-refractivity contribution in [2.75, 3.05) is 20.7 Å². The Labute approximate surface area is 135 Å². The van der Waals surface area contributed by atoms with Gasteiger partial charge < -0.3 is 19.5 Å². The fourth-order valence-corrected chi connectivity index (χ4v) is 5.73. The summed E-state index contributed by atoms with van der Waals surface area (Å²) in [7, 11) is 3.76. The lowest BCUT2D eigenvalue weighted by atomic mass is 9.51. The molecule has 1 aromatic carbocycles. The number of hydrogen-bond acceptors (Lipinski definition) is 5. The first-order valence-corrected chi connectivity index (χ1v) is 8.36. The van der Waals surface area contributed by atoms with Gasteiger partial charge in [-0.25, -0.2) is 0 Å². The van der Waals surface area contributed by atoms with Crippen molar-refractivity contribution in [1.82, 2.24) is 4.90 Å². The predicted octanol–water partition coefficient (Wildman–Crippen LogP) is 0.904. The normalized spacial score (nSPS) is 40.6. The number of hydrogen-bond donors (Lipinski definition) is 1. The summed E-state index contributed by atoms with van der Waals surface area (Å²) in [5.74, 6) is 1.53. The van der Waals surface area contributed by atoms with Crippen molar-refractivity contribution in [3.8, 4) is 11.5 Å². The minimum atomic E-state index is -0.583. The van der Waals surface area contributed by atoms with Crippen molar-refractivity contribution in [1.29, 1.82) is 0 Å². The third kappa shape index (κ3) is 1.44. The monoisotopic (exact) mass is 315 g/mol. The number of benzene rings is 1. The Hall–Kier alpha value is -1.59. The van der Waals surface area contributed by atoms with E-state index in [2.05, 4.69) is 18.0 Å². The molecule has 5 nitrogen and oxygen atoms in total. The van der Waals surface area contributed by atoms with Crippen LogP contribution < -0.4 is 9.47 Å². The van der Waals surface area contributed by atoms with E-state index < -0.39 is 12.2 Å².